The summed E-state index contributed by atoms with van der Waals surface area (Å²) in [6.45, 7) is 7.10. The van der Waals surface area contributed by atoms with E-state index in [1.807, 2.05) is 20.8 Å². The second-order valence-electron chi connectivity index (χ2n) is 9.03. The van der Waals surface area contributed by atoms with Gasteiger partial charge in [-0.15, -0.1) is 0 Å². The zero-order valence-electron chi connectivity index (χ0n) is 16.1. The smallest absolute Gasteiger partial charge is 0.410 e. The maximum absolute atomic E-state index is 12.6. The molecule has 0 atom stereocenters. The highest BCUT2D eigenvalue weighted by molar-refractivity contribution is 5.93. The molecule has 0 bridgehead atoms. The molecule has 27 heavy (non-hydrogen) atoms. The molecular formula is C20H26N2O5. The second kappa shape index (κ2) is 6.11. The van der Waals surface area contributed by atoms with E-state index in [0.29, 0.717) is 24.2 Å². The summed E-state index contributed by atoms with van der Waals surface area (Å²) in [5, 5.41) is 0. The Kier molecular flexibility index (Phi) is 4.09. The van der Waals surface area contributed by atoms with Crippen molar-refractivity contribution in [2.75, 3.05) is 13.1 Å². The number of nitrogens with zero attached hydrogens (tertiary/aromatic N) is 2. The van der Waals surface area contributed by atoms with Gasteiger partial charge < -0.3 is 18.9 Å². The van der Waals surface area contributed by atoms with Crippen molar-refractivity contribution in [1.29, 1.82) is 0 Å². The van der Waals surface area contributed by atoms with Crippen LogP contribution in [0.2, 0.25) is 0 Å². The van der Waals surface area contributed by atoms with Crippen LogP contribution in [0.25, 0.3) is 0 Å². The molecule has 1 saturated carbocycles. The minimum Gasteiger partial charge on any atom is -0.457 e. The molecule has 1 spiro atoms. The Morgan fingerprint density at radius 2 is 1.89 bits per heavy atom. The number of hydrogen-bond acceptors (Lipinski definition) is 5. The maximum Gasteiger partial charge on any atom is 0.410 e. The lowest BCUT2D eigenvalue weighted by atomic mass is 9.60. The molecule has 1 aromatic rings. The van der Waals surface area contributed by atoms with Crippen LogP contribution in [0.5, 0.6) is 0 Å². The molecule has 0 unspecified atom stereocenters. The molecule has 0 aromatic carbocycles. The number of rotatable bonds is 1. The Balaban J connectivity index is 1.38. The standard InChI is InChI=1S/C20H26N2O5/c1-19(2,3)27-18(25)21-8-5-20(6-9-21)10-13(11-20)22-7-4-14-15(16(22)23)12-26-17(14)24/h4,7,13H,5-6,8-12H2,1-3H3. The molecule has 1 aromatic heterocycles. The first kappa shape index (κ1) is 18.1. The average Bonchev–Trinajstić information content (AvgIpc) is 2.94. The molecule has 2 fully saturated rings. The van der Waals surface area contributed by atoms with Crippen LogP contribution in [0.3, 0.4) is 0 Å². The third-order valence-electron chi connectivity index (χ3n) is 5.99. The van der Waals surface area contributed by atoms with Crippen LogP contribution in [0, 0.1) is 5.41 Å². The van der Waals surface area contributed by atoms with Gasteiger partial charge in [0.1, 0.15) is 12.2 Å². The Hall–Kier alpha value is -2.31. The van der Waals surface area contributed by atoms with Crippen molar-refractivity contribution in [2.24, 2.45) is 5.41 Å². The van der Waals surface area contributed by atoms with Crippen LogP contribution in [0.1, 0.15) is 68.4 Å². The number of piperidine rings is 1. The number of carbonyl (C=O) groups is 2. The third kappa shape index (κ3) is 3.24. The van der Waals surface area contributed by atoms with E-state index in [0.717, 1.165) is 25.7 Å². The summed E-state index contributed by atoms with van der Waals surface area (Å²) in [7, 11) is 0. The molecule has 146 valence electrons. The Labute approximate surface area is 158 Å². The van der Waals surface area contributed by atoms with E-state index in [4.69, 9.17) is 9.47 Å². The summed E-state index contributed by atoms with van der Waals surface area (Å²) in [6, 6.07) is 1.86. The zero-order valence-corrected chi connectivity index (χ0v) is 16.1. The summed E-state index contributed by atoms with van der Waals surface area (Å²) >= 11 is 0. The highest BCUT2D eigenvalue weighted by Gasteiger charge is 2.48. The number of aromatic nitrogens is 1. The van der Waals surface area contributed by atoms with Gasteiger partial charge in [0, 0.05) is 25.3 Å². The highest BCUT2D eigenvalue weighted by atomic mass is 16.6. The van der Waals surface area contributed by atoms with E-state index in [2.05, 4.69) is 0 Å². The average molecular weight is 374 g/mol. The van der Waals surface area contributed by atoms with Crippen LogP contribution in [-0.2, 0) is 16.1 Å². The van der Waals surface area contributed by atoms with Gasteiger partial charge in [-0.05, 0) is 57.9 Å². The summed E-state index contributed by atoms with van der Waals surface area (Å²) < 4.78 is 12.2. The van der Waals surface area contributed by atoms with Gasteiger partial charge in [-0.2, -0.15) is 0 Å². The monoisotopic (exact) mass is 374 g/mol. The van der Waals surface area contributed by atoms with E-state index < -0.39 is 11.6 Å². The first-order chi connectivity index (χ1) is 12.7. The number of esters is 1. The summed E-state index contributed by atoms with van der Waals surface area (Å²) in [4.78, 5) is 38.2. The fourth-order valence-electron chi connectivity index (χ4n) is 4.46. The fraction of sp³-hybridized carbons (Fsp3) is 0.650. The second-order valence-corrected chi connectivity index (χ2v) is 9.03. The molecule has 7 heteroatoms. The van der Waals surface area contributed by atoms with Gasteiger partial charge in [0.05, 0.1) is 11.1 Å². The quantitative estimate of drug-likeness (QED) is 0.707. The highest BCUT2D eigenvalue weighted by Crippen LogP contribution is 2.54. The SMILES string of the molecule is CC(C)(C)OC(=O)N1CCC2(CC1)CC(n1ccc3c(c1=O)COC3=O)C2. The predicted octanol–water partition coefficient (Wildman–Crippen LogP) is 2.87. The van der Waals surface area contributed by atoms with Crippen molar-refractivity contribution >= 4 is 12.1 Å². The van der Waals surface area contributed by atoms with E-state index >= 15 is 0 Å². The van der Waals surface area contributed by atoms with Gasteiger partial charge >= 0.3 is 12.1 Å². The molecule has 7 nitrogen and oxygen atoms in total. The lowest BCUT2D eigenvalue weighted by molar-refractivity contribution is -0.0241. The van der Waals surface area contributed by atoms with Crippen LogP contribution in [-0.4, -0.2) is 40.2 Å². The van der Waals surface area contributed by atoms with E-state index in [1.165, 1.54) is 0 Å². The van der Waals surface area contributed by atoms with E-state index in [-0.39, 0.29) is 29.7 Å². The molecule has 0 N–H and O–H groups in total. The Bertz CT molecular complexity index is 835. The number of likely N-dealkylation sites (tertiary alicyclic amines) is 1. The van der Waals surface area contributed by atoms with Crippen molar-refractivity contribution in [1.82, 2.24) is 9.47 Å². The number of ether oxygens (including phenoxy) is 2. The number of cyclic esters (lactones) is 1. The number of fused-ring (bicyclic) bond motifs is 1. The molecule has 3 heterocycles. The lowest BCUT2D eigenvalue weighted by Gasteiger charge is -2.52. The lowest BCUT2D eigenvalue weighted by Crippen LogP contribution is -2.51. The van der Waals surface area contributed by atoms with Gasteiger partial charge in [0.2, 0.25) is 0 Å². The minimum atomic E-state index is -0.479. The molecule has 2 aliphatic heterocycles. The third-order valence-corrected chi connectivity index (χ3v) is 5.99. The molecule has 3 aliphatic rings. The maximum atomic E-state index is 12.6. The van der Waals surface area contributed by atoms with Gasteiger partial charge in [-0.3, -0.25) is 4.79 Å². The van der Waals surface area contributed by atoms with Crippen LogP contribution >= 0.6 is 0 Å². The van der Waals surface area contributed by atoms with Crippen LogP contribution in [0.15, 0.2) is 17.1 Å². The summed E-state index contributed by atoms with van der Waals surface area (Å²) in [5.41, 5.74) is 0.491. The van der Waals surface area contributed by atoms with Gasteiger partial charge in [0.15, 0.2) is 0 Å². The number of amides is 1. The summed E-state index contributed by atoms with van der Waals surface area (Å²) in [6.07, 6.45) is 5.22. The molecule has 1 amide bonds. The first-order valence-corrected chi connectivity index (χ1v) is 9.57. The molecular weight excluding hydrogens is 348 g/mol. The summed E-state index contributed by atoms with van der Waals surface area (Å²) in [5.74, 6) is -0.408. The van der Waals surface area contributed by atoms with Crippen molar-refractivity contribution in [2.45, 2.75) is 64.7 Å². The number of carbonyl (C=O) groups excluding carboxylic acids is 2. The molecule has 1 saturated heterocycles. The topological polar surface area (TPSA) is 77.8 Å². The van der Waals surface area contributed by atoms with Gasteiger partial charge in [-0.1, -0.05) is 0 Å². The van der Waals surface area contributed by atoms with E-state index in [1.54, 1.807) is 21.7 Å². The van der Waals surface area contributed by atoms with Gasteiger partial charge in [-0.25, -0.2) is 9.59 Å². The largest absolute Gasteiger partial charge is 0.457 e. The Morgan fingerprint density at radius 3 is 2.52 bits per heavy atom. The molecule has 4 rings (SSSR count). The van der Waals surface area contributed by atoms with Crippen molar-refractivity contribution in [3.05, 3.63) is 33.7 Å². The van der Waals surface area contributed by atoms with Crippen LogP contribution in [0.4, 0.5) is 4.79 Å². The van der Waals surface area contributed by atoms with Crippen molar-refractivity contribution in [3.63, 3.8) is 0 Å². The zero-order chi connectivity index (χ0) is 19.4. The van der Waals surface area contributed by atoms with Crippen molar-refractivity contribution < 1.29 is 19.1 Å². The number of hydrogen-bond donors (Lipinski definition) is 0. The normalized spacial score (nSPS) is 21.6. The Morgan fingerprint density at radius 1 is 1.22 bits per heavy atom. The van der Waals surface area contributed by atoms with Gasteiger partial charge in [0.25, 0.3) is 5.56 Å². The van der Waals surface area contributed by atoms with Crippen LogP contribution < -0.4 is 5.56 Å². The predicted molar refractivity (Wildman–Crippen MR) is 97.6 cm³/mol. The molecule has 1 aliphatic carbocycles. The van der Waals surface area contributed by atoms with Crippen molar-refractivity contribution in [3.8, 4) is 0 Å². The minimum absolute atomic E-state index is 0.0799. The van der Waals surface area contributed by atoms with E-state index in [9.17, 15) is 14.4 Å². The first-order valence-electron chi connectivity index (χ1n) is 9.57. The molecule has 0 radical (unpaired) electrons. The fourth-order valence-corrected chi connectivity index (χ4v) is 4.46. The number of pyridine rings is 1.